The molecule has 3 aromatic rings. The van der Waals surface area contributed by atoms with Crippen molar-refractivity contribution >= 4 is 16.9 Å². The highest BCUT2D eigenvalue weighted by Crippen LogP contribution is 2.61. The third-order valence-corrected chi connectivity index (χ3v) is 7.88. The maximum absolute atomic E-state index is 14.2. The van der Waals surface area contributed by atoms with Gasteiger partial charge < -0.3 is 14.8 Å². The van der Waals surface area contributed by atoms with E-state index in [0.717, 1.165) is 28.1 Å². The predicted molar refractivity (Wildman–Crippen MR) is 127 cm³/mol. The molecule has 192 valence electrons. The number of halogens is 4. The van der Waals surface area contributed by atoms with Crippen LogP contribution >= 0.6 is 0 Å². The van der Waals surface area contributed by atoms with Gasteiger partial charge >= 0.3 is 5.97 Å². The molecule has 1 aromatic heterocycles. The Labute approximate surface area is 206 Å². The van der Waals surface area contributed by atoms with Gasteiger partial charge in [0.05, 0.1) is 12.7 Å². The van der Waals surface area contributed by atoms with Crippen LogP contribution in [-0.4, -0.2) is 40.5 Å². The lowest BCUT2D eigenvalue weighted by Gasteiger charge is -2.55. The number of piperidine rings is 1. The molecule has 0 amide bonds. The lowest BCUT2D eigenvalue weighted by atomic mass is 9.58. The summed E-state index contributed by atoms with van der Waals surface area (Å²) in [5.41, 5.74) is 1.93. The van der Waals surface area contributed by atoms with Crippen molar-refractivity contribution in [3.63, 3.8) is 0 Å². The van der Waals surface area contributed by atoms with Gasteiger partial charge in [-0.05, 0) is 67.1 Å². The number of rotatable bonds is 6. The summed E-state index contributed by atoms with van der Waals surface area (Å²) < 4.78 is 61.9. The summed E-state index contributed by atoms with van der Waals surface area (Å²) in [6, 6.07) is 7.05. The minimum atomic E-state index is -2.90. The van der Waals surface area contributed by atoms with Crippen molar-refractivity contribution in [2.45, 2.75) is 57.5 Å². The van der Waals surface area contributed by atoms with Crippen LogP contribution in [0.2, 0.25) is 0 Å². The lowest BCUT2D eigenvalue weighted by molar-refractivity contribution is -0.186. The molecule has 0 bridgehead atoms. The first-order valence-corrected chi connectivity index (χ1v) is 11.9. The van der Waals surface area contributed by atoms with Crippen LogP contribution in [0, 0.1) is 12.3 Å². The third kappa shape index (κ3) is 4.23. The molecule has 2 heterocycles. The van der Waals surface area contributed by atoms with Crippen molar-refractivity contribution in [3.05, 3.63) is 64.3 Å². The molecule has 0 unspecified atom stereocenters. The molecule has 0 radical (unpaired) electrons. The number of nitrogens with zero attached hydrogens (tertiary/aromatic N) is 1. The monoisotopic (exact) mass is 504 g/mol. The van der Waals surface area contributed by atoms with Gasteiger partial charge in [0.2, 0.25) is 5.92 Å². The number of aromatic amines is 1. The van der Waals surface area contributed by atoms with E-state index in [9.17, 15) is 27.5 Å². The first-order chi connectivity index (χ1) is 17.0. The number of likely N-dealkylation sites (tertiary alicyclic amines) is 1. The molecule has 5 nitrogen and oxygen atoms in total. The second-order valence-corrected chi connectivity index (χ2v) is 10.2. The van der Waals surface area contributed by atoms with Crippen molar-refractivity contribution < 1.29 is 32.2 Å². The van der Waals surface area contributed by atoms with Gasteiger partial charge in [-0.25, -0.2) is 22.4 Å². The molecule has 1 atom stereocenters. The zero-order valence-corrected chi connectivity index (χ0v) is 20.1. The van der Waals surface area contributed by atoms with E-state index in [-0.39, 0.29) is 24.0 Å². The van der Waals surface area contributed by atoms with Crippen LogP contribution in [0.3, 0.4) is 0 Å². The van der Waals surface area contributed by atoms with Gasteiger partial charge in [-0.3, -0.25) is 4.90 Å². The average molecular weight is 505 g/mol. The van der Waals surface area contributed by atoms with E-state index in [2.05, 4.69) is 4.98 Å². The number of carbonyl (C=O) groups is 1. The van der Waals surface area contributed by atoms with E-state index in [4.69, 9.17) is 4.74 Å². The highest BCUT2D eigenvalue weighted by atomic mass is 19.3. The Bertz CT molecular complexity index is 1310. The summed E-state index contributed by atoms with van der Waals surface area (Å²) in [6.45, 7) is 2.79. The highest BCUT2D eigenvalue weighted by molar-refractivity contribution is 5.88. The number of ether oxygens (including phenoxy) is 1. The number of aryl methyl sites for hydroxylation is 1. The SMILES string of the molecule is COc1cc(C)c2[nH]ccc2c1CN1CCC2(C[C@H]1c1ccc(C(=O)O)cc1C(F)F)CC(F)(F)C2. The van der Waals surface area contributed by atoms with Gasteiger partial charge in [-0.1, -0.05) is 6.07 Å². The van der Waals surface area contributed by atoms with Crippen molar-refractivity contribution in [2.75, 3.05) is 13.7 Å². The average Bonchev–Trinajstić information content (AvgIpc) is 3.30. The second kappa shape index (κ2) is 8.80. The number of hydrogen-bond donors (Lipinski definition) is 2. The van der Waals surface area contributed by atoms with E-state index < -0.39 is 29.8 Å². The Balaban J connectivity index is 1.58. The molecule has 2 fully saturated rings. The molecule has 36 heavy (non-hydrogen) atoms. The minimum absolute atomic E-state index is 0.226. The van der Waals surface area contributed by atoms with Crippen LogP contribution in [0.4, 0.5) is 17.6 Å². The van der Waals surface area contributed by atoms with Crippen molar-refractivity contribution in [2.24, 2.45) is 5.41 Å². The highest BCUT2D eigenvalue weighted by Gasteiger charge is 2.58. The number of methoxy groups -OCH3 is 1. The summed E-state index contributed by atoms with van der Waals surface area (Å²) in [7, 11) is 1.58. The number of carboxylic acids is 1. The maximum Gasteiger partial charge on any atom is 0.335 e. The van der Waals surface area contributed by atoms with Crippen molar-refractivity contribution in [3.8, 4) is 5.75 Å². The van der Waals surface area contributed by atoms with Crippen LogP contribution in [0.15, 0.2) is 36.5 Å². The zero-order valence-electron chi connectivity index (χ0n) is 20.1. The number of carboxylic acid groups (broad SMARTS) is 1. The summed E-state index contributed by atoms with van der Waals surface area (Å²) in [6.07, 6.45) is -0.721. The van der Waals surface area contributed by atoms with Gasteiger partial charge in [0.15, 0.2) is 0 Å². The van der Waals surface area contributed by atoms with Crippen LogP contribution in [0.1, 0.15) is 70.8 Å². The fourth-order valence-corrected chi connectivity index (χ4v) is 6.22. The molecule has 1 saturated carbocycles. The van der Waals surface area contributed by atoms with Gasteiger partial charge in [-0.15, -0.1) is 0 Å². The van der Waals surface area contributed by atoms with Crippen molar-refractivity contribution in [1.29, 1.82) is 0 Å². The Morgan fingerprint density at radius 2 is 2.00 bits per heavy atom. The number of aromatic nitrogens is 1. The number of aromatic carboxylic acids is 1. The fraction of sp³-hybridized carbons (Fsp3) is 0.444. The Morgan fingerprint density at radius 1 is 1.25 bits per heavy atom. The molecular formula is C27H28F4N2O3. The van der Waals surface area contributed by atoms with Gasteiger partial charge in [0.1, 0.15) is 5.75 Å². The summed E-state index contributed by atoms with van der Waals surface area (Å²) in [5.74, 6) is -3.36. The number of alkyl halides is 4. The van der Waals surface area contributed by atoms with Crippen LogP contribution in [-0.2, 0) is 6.54 Å². The number of fused-ring (bicyclic) bond motifs is 1. The largest absolute Gasteiger partial charge is 0.496 e. The minimum Gasteiger partial charge on any atom is -0.496 e. The normalized spacial score (nSPS) is 21.1. The van der Waals surface area contributed by atoms with Gasteiger partial charge in [0, 0.05) is 53.7 Å². The van der Waals surface area contributed by atoms with Gasteiger partial charge in [0.25, 0.3) is 6.43 Å². The molecule has 2 aliphatic rings. The second-order valence-electron chi connectivity index (χ2n) is 10.2. The third-order valence-electron chi connectivity index (χ3n) is 7.88. The van der Waals surface area contributed by atoms with E-state index in [1.54, 1.807) is 7.11 Å². The van der Waals surface area contributed by atoms with Crippen LogP contribution < -0.4 is 4.74 Å². The van der Waals surface area contributed by atoms with E-state index in [1.807, 2.05) is 30.2 Å². The fourth-order valence-electron chi connectivity index (χ4n) is 6.22. The standard InChI is InChI=1S/C27H28F4N2O3/c1-15-9-22(36-2)20(18-5-7-32-23(15)18)12-33-8-6-26(13-27(30,31)14-26)11-21(33)17-4-3-16(25(34)35)10-19(17)24(28)29/h3-5,7,9-10,21,24,32H,6,8,11-14H2,1-2H3,(H,34,35)/t21-/m0/s1. The molecule has 9 heteroatoms. The van der Waals surface area contributed by atoms with Crippen LogP contribution in [0.25, 0.3) is 10.9 Å². The molecule has 2 N–H and O–H groups in total. The Morgan fingerprint density at radius 3 is 2.64 bits per heavy atom. The van der Waals surface area contributed by atoms with Crippen molar-refractivity contribution in [1.82, 2.24) is 9.88 Å². The van der Waals surface area contributed by atoms with Crippen LogP contribution in [0.5, 0.6) is 5.75 Å². The Hall–Kier alpha value is -3.07. The number of hydrogen-bond acceptors (Lipinski definition) is 3. The summed E-state index contributed by atoms with van der Waals surface area (Å²) in [5, 5.41) is 10.3. The first kappa shape index (κ1) is 24.6. The zero-order chi connectivity index (χ0) is 25.8. The van der Waals surface area contributed by atoms with E-state index >= 15 is 0 Å². The van der Waals surface area contributed by atoms with Gasteiger partial charge in [-0.2, -0.15) is 0 Å². The lowest BCUT2D eigenvalue weighted by Crippen LogP contribution is -2.53. The molecule has 2 aromatic carbocycles. The molecule has 1 aliphatic heterocycles. The molecule has 5 rings (SSSR count). The maximum atomic E-state index is 14.2. The first-order valence-electron chi connectivity index (χ1n) is 11.9. The summed E-state index contributed by atoms with van der Waals surface area (Å²) >= 11 is 0. The number of nitrogens with one attached hydrogen (secondary N) is 1. The number of H-pyrrole nitrogens is 1. The molecular weight excluding hydrogens is 476 g/mol. The molecule has 1 spiro atoms. The van der Waals surface area contributed by atoms with E-state index in [1.165, 1.54) is 12.1 Å². The summed E-state index contributed by atoms with van der Waals surface area (Å²) in [4.78, 5) is 16.7. The molecule has 1 aliphatic carbocycles. The smallest absolute Gasteiger partial charge is 0.335 e. The molecule has 1 saturated heterocycles. The number of benzene rings is 2. The Kier molecular flexibility index (Phi) is 6.01. The quantitative estimate of drug-likeness (QED) is 0.360. The van der Waals surface area contributed by atoms with E-state index in [0.29, 0.717) is 37.2 Å². The topological polar surface area (TPSA) is 65.6 Å². The predicted octanol–water partition coefficient (Wildman–Crippen LogP) is 6.87.